The maximum absolute atomic E-state index is 10.9. The first-order chi connectivity index (χ1) is 5.04. The molecule has 1 fully saturated rings. The fourth-order valence-electron chi connectivity index (χ4n) is 1.24. The monoisotopic (exact) mass is 220 g/mol. The number of rotatable bonds is 1. The van der Waals surface area contributed by atoms with Crippen LogP contribution in [0.5, 0.6) is 0 Å². The predicted octanol–water partition coefficient (Wildman–Crippen LogP) is 1.35. The summed E-state index contributed by atoms with van der Waals surface area (Å²) >= 11 is 3.08. The summed E-state index contributed by atoms with van der Waals surface area (Å²) in [5.74, 6) is -0.888. The van der Waals surface area contributed by atoms with Crippen molar-refractivity contribution in [2.24, 2.45) is 0 Å². The number of carbonyl (C=O) groups is 2. The Morgan fingerprint density at radius 2 is 2.27 bits per heavy atom. The molecule has 0 aromatic carbocycles. The summed E-state index contributed by atoms with van der Waals surface area (Å²) in [6, 6.07) is 0. The zero-order valence-electron chi connectivity index (χ0n) is 5.97. The van der Waals surface area contributed by atoms with Crippen LogP contribution in [0.3, 0.4) is 0 Å². The number of alkyl halides is 1. The van der Waals surface area contributed by atoms with Gasteiger partial charge in [0.25, 0.3) is 0 Å². The molecule has 1 atom stereocenters. The van der Waals surface area contributed by atoms with E-state index < -0.39 is 10.3 Å². The van der Waals surface area contributed by atoms with E-state index in [1.807, 2.05) is 0 Å². The lowest BCUT2D eigenvalue weighted by Crippen LogP contribution is -2.37. The van der Waals surface area contributed by atoms with E-state index in [4.69, 9.17) is 5.11 Å². The van der Waals surface area contributed by atoms with Crippen molar-refractivity contribution in [1.29, 1.82) is 0 Å². The first-order valence-electron chi connectivity index (χ1n) is 3.49. The molecule has 0 saturated heterocycles. The van der Waals surface area contributed by atoms with E-state index in [1.165, 1.54) is 0 Å². The summed E-state index contributed by atoms with van der Waals surface area (Å²) in [5.41, 5.74) is 0. The van der Waals surface area contributed by atoms with Gasteiger partial charge in [0, 0.05) is 12.8 Å². The highest BCUT2D eigenvalue weighted by molar-refractivity contribution is 9.10. The third kappa shape index (κ3) is 1.80. The fourth-order valence-corrected chi connectivity index (χ4v) is 1.83. The summed E-state index contributed by atoms with van der Waals surface area (Å²) in [4.78, 5) is 21.5. The number of carboxylic acid groups (broad SMARTS) is 1. The van der Waals surface area contributed by atoms with Gasteiger partial charge in [0.1, 0.15) is 10.1 Å². The van der Waals surface area contributed by atoms with Crippen LogP contribution in [0.2, 0.25) is 0 Å². The van der Waals surface area contributed by atoms with E-state index in [0.29, 0.717) is 19.3 Å². The Morgan fingerprint density at radius 3 is 2.64 bits per heavy atom. The molecule has 0 spiro atoms. The first kappa shape index (κ1) is 8.71. The molecule has 0 aromatic rings. The van der Waals surface area contributed by atoms with Gasteiger partial charge in [-0.25, -0.2) is 0 Å². The Hall–Kier alpha value is -0.380. The van der Waals surface area contributed by atoms with Crippen molar-refractivity contribution >= 4 is 27.7 Å². The van der Waals surface area contributed by atoms with Crippen LogP contribution in [0.15, 0.2) is 0 Å². The van der Waals surface area contributed by atoms with E-state index in [1.54, 1.807) is 0 Å². The molecule has 0 amide bonds. The molecule has 1 aliphatic rings. The minimum Gasteiger partial charge on any atom is -0.480 e. The molecule has 0 bridgehead atoms. The summed E-state index contributed by atoms with van der Waals surface area (Å²) in [6.07, 6.45) is 1.88. The van der Waals surface area contributed by atoms with Gasteiger partial charge in [0.2, 0.25) is 0 Å². The molecular weight excluding hydrogens is 212 g/mol. The van der Waals surface area contributed by atoms with E-state index in [-0.39, 0.29) is 12.2 Å². The number of ketones is 1. The molecule has 0 aromatic heterocycles. The van der Waals surface area contributed by atoms with E-state index >= 15 is 0 Å². The van der Waals surface area contributed by atoms with Crippen LogP contribution < -0.4 is 0 Å². The van der Waals surface area contributed by atoms with Gasteiger partial charge in [-0.15, -0.1) is 0 Å². The Balaban J connectivity index is 2.70. The second-order valence-corrected chi connectivity index (χ2v) is 4.36. The quantitative estimate of drug-likeness (QED) is 0.680. The lowest BCUT2D eigenvalue weighted by Gasteiger charge is -2.25. The fraction of sp³-hybridized carbons (Fsp3) is 0.714. The molecule has 0 heterocycles. The molecule has 3 nitrogen and oxygen atoms in total. The molecule has 1 unspecified atom stereocenters. The highest BCUT2D eigenvalue weighted by atomic mass is 79.9. The number of Topliss-reactive ketones (excluding diaryl/α,β-unsaturated/α-hetero) is 1. The van der Waals surface area contributed by atoms with Crippen molar-refractivity contribution in [3.05, 3.63) is 0 Å². The molecule has 4 heteroatoms. The molecule has 11 heavy (non-hydrogen) atoms. The van der Waals surface area contributed by atoms with Crippen molar-refractivity contribution in [1.82, 2.24) is 0 Å². The zero-order valence-corrected chi connectivity index (χ0v) is 7.56. The summed E-state index contributed by atoms with van der Waals surface area (Å²) < 4.78 is -0.970. The van der Waals surface area contributed by atoms with Gasteiger partial charge in [-0.2, -0.15) is 0 Å². The van der Waals surface area contributed by atoms with E-state index in [2.05, 4.69) is 15.9 Å². The first-order valence-corrected chi connectivity index (χ1v) is 4.28. The van der Waals surface area contributed by atoms with E-state index in [9.17, 15) is 9.59 Å². The van der Waals surface area contributed by atoms with Crippen LogP contribution in [-0.4, -0.2) is 21.2 Å². The van der Waals surface area contributed by atoms with Gasteiger partial charge >= 0.3 is 5.97 Å². The standard InChI is InChI=1S/C7H9BrO3/c8-7(6(10)11)3-1-2-5(9)4-7/h1-4H2,(H,10,11). The normalized spacial score (nSPS) is 31.9. The topological polar surface area (TPSA) is 54.4 Å². The van der Waals surface area contributed by atoms with Gasteiger partial charge < -0.3 is 5.11 Å². The molecule has 0 radical (unpaired) electrons. The Morgan fingerprint density at radius 1 is 1.64 bits per heavy atom. The smallest absolute Gasteiger partial charge is 0.320 e. The molecule has 1 aliphatic carbocycles. The third-order valence-electron chi connectivity index (χ3n) is 1.89. The molecule has 1 saturated carbocycles. The largest absolute Gasteiger partial charge is 0.480 e. The van der Waals surface area contributed by atoms with Crippen LogP contribution in [-0.2, 0) is 9.59 Å². The van der Waals surface area contributed by atoms with Crippen LogP contribution in [0.4, 0.5) is 0 Å². The van der Waals surface area contributed by atoms with Crippen molar-refractivity contribution < 1.29 is 14.7 Å². The van der Waals surface area contributed by atoms with Crippen LogP contribution in [0, 0.1) is 0 Å². The van der Waals surface area contributed by atoms with Gasteiger partial charge in [0.05, 0.1) is 0 Å². The Kier molecular flexibility index (Phi) is 2.32. The highest BCUT2D eigenvalue weighted by Gasteiger charge is 2.39. The van der Waals surface area contributed by atoms with Gasteiger partial charge in [-0.1, -0.05) is 15.9 Å². The van der Waals surface area contributed by atoms with Crippen molar-refractivity contribution in [3.63, 3.8) is 0 Å². The average molecular weight is 221 g/mol. The average Bonchev–Trinajstić information content (AvgIpc) is 1.86. The van der Waals surface area contributed by atoms with Gasteiger partial charge in [-0.05, 0) is 12.8 Å². The zero-order chi connectivity index (χ0) is 8.48. The minimum absolute atomic E-state index is 0.0375. The SMILES string of the molecule is O=C1CCCC(Br)(C(=O)O)C1. The number of carboxylic acids is 1. The molecular formula is C7H9BrO3. The Bertz CT molecular complexity index is 202. The van der Waals surface area contributed by atoms with Crippen LogP contribution >= 0.6 is 15.9 Å². The van der Waals surface area contributed by atoms with Crippen molar-refractivity contribution in [3.8, 4) is 0 Å². The number of carbonyl (C=O) groups excluding carboxylic acids is 1. The summed E-state index contributed by atoms with van der Waals surface area (Å²) in [5, 5.41) is 8.72. The Labute approximate surface area is 72.9 Å². The molecule has 1 N–H and O–H groups in total. The second-order valence-electron chi connectivity index (χ2n) is 2.84. The van der Waals surface area contributed by atoms with Crippen molar-refractivity contribution in [2.75, 3.05) is 0 Å². The number of aliphatic carboxylic acids is 1. The lowest BCUT2D eigenvalue weighted by atomic mass is 9.88. The van der Waals surface area contributed by atoms with Crippen LogP contribution in [0.1, 0.15) is 25.7 Å². The molecule has 1 rings (SSSR count). The summed E-state index contributed by atoms with van der Waals surface area (Å²) in [6.45, 7) is 0. The predicted molar refractivity (Wildman–Crippen MR) is 42.8 cm³/mol. The number of hydrogen-bond acceptors (Lipinski definition) is 2. The van der Waals surface area contributed by atoms with Crippen LogP contribution in [0.25, 0.3) is 0 Å². The number of halogens is 1. The highest BCUT2D eigenvalue weighted by Crippen LogP contribution is 2.34. The number of hydrogen-bond donors (Lipinski definition) is 1. The van der Waals surface area contributed by atoms with E-state index in [0.717, 1.165) is 0 Å². The maximum Gasteiger partial charge on any atom is 0.320 e. The second kappa shape index (κ2) is 2.93. The maximum atomic E-state index is 10.9. The lowest BCUT2D eigenvalue weighted by molar-refractivity contribution is -0.142. The van der Waals surface area contributed by atoms with Crippen molar-refractivity contribution in [2.45, 2.75) is 30.0 Å². The molecule has 62 valence electrons. The third-order valence-corrected chi connectivity index (χ3v) is 2.91. The van der Waals surface area contributed by atoms with Gasteiger partial charge in [0.15, 0.2) is 0 Å². The summed E-state index contributed by atoms with van der Waals surface area (Å²) in [7, 11) is 0. The van der Waals surface area contributed by atoms with Gasteiger partial charge in [-0.3, -0.25) is 9.59 Å². The molecule has 0 aliphatic heterocycles. The minimum atomic E-state index is -0.970.